The SMILES string of the molecule is O=C1/C(=C\c2cc(Br)ccc2OCc2ccc(F)cc2)C(c2ccccc2)=NN1c1ccccc1. The van der Waals surface area contributed by atoms with Gasteiger partial charge in [0, 0.05) is 15.6 Å². The van der Waals surface area contributed by atoms with Crippen LogP contribution in [-0.2, 0) is 11.4 Å². The van der Waals surface area contributed by atoms with Gasteiger partial charge in [0.15, 0.2) is 0 Å². The van der Waals surface area contributed by atoms with Crippen LogP contribution < -0.4 is 9.75 Å². The number of hydrogen-bond donors (Lipinski definition) is 0. The maximum absolute atomic E-state index is 13.6. The number of rotatable bonds is 6. The van der Waals surface area contributed by atoms with E-state index in [9.17, 15) is 9.18 Å². The first-order chi connectivity index (χ1) is 17.1. The minimum absolute atomic E-state index is 0.223. The number of anilines is 1. The topological polar surface area (TPSA) is 41.9 Å². The first kappa shape index (κ1) is 22.7. The molecule has 4 aromatic rings. The fourth-order valence-electron chi connectivity index (χ4n) is 3.76. The predicted octanol–water partition coefficient (Wildman–Crippen LogP) is 7.00. The third-order valence-electron chi connectivity index (χ3n) is 5.51. The molecule has 6 heteroatoms. The molecule has 0 radical (unpaired) electrons. The molecule has 1 aliphatic heterocycles. The molecule has 0 unspecified atom stereocenters. The highest BCUT2D eigenvalue weighted by Crippen LogP contribution is 2.31. The maximum atomic E-state index is 13.6. The molecule has 0 fully saturated rings. The zero-order valence-corrected chi connectivity index (χ0v) is 20.2. The van der Waals surface area contributed by atoms with Crippen molar-refractivity contribution >= 4 is 39.3 Å². The summed E-state index contributed by atoms with van der Waals surface area (Å²) in [6, 6.07) is 30.8. The Kier molecular flexibility index (Phi) is 6.55. The monoisotopic (exact) mass is 526 g/mol. The Balaban J connectivity index is 1.54. The van der Waals surface area contributed by atoms with E-state index >= 15 is 0 Å². The number of nitrogens with zero attached hydrogens (tertiary/aromatic N) is 2. The standard InChI is InChI=1S/C29H20BrFN2O2/c30-23-13-16-27(35-19-20-11-14-24(31)15-12-20)22(17-23)18-26-28(21-7-3-1-4-8-21)32-33(29(26)34)25-9-5-2-6-10-25/h1-18H,19H2/b26-18-. The molecule has 35 heavy (non-hydrogen) atoms. The molecule has 0 aromatic heterocycles. The summed E-state index contributed by atoms with van der Waals surface area (Å²) < 4.78 is 20.2. The summed E-state index contributed by atoms with van der Waals surface area (Å²) in [6.07, 6.45) is 1.81. The number of hydrazone groups is 1. The molecule has 4 nitrogen and oxygen atoms in total. The zero-order chi connectivity index (χ0) is 24.2. The Morgan fingerprint density at radius 1 is 0.886 bits per heavy atom. The number of halogens is 2. The van der Waals surface area contributed by atoms with Crippen LogP contribution in [0.2, 0.25) is 0 Å². The molecule has 1 aliphatic rings. The predicted molar refractivity (Wildman–Crippen MR) is 140 cm³/mol. The summed E-state index contributed by atoms with van der Waals surface area (Å²) in [5, 5.41) is 6.11. The summed E-state index contributed by atoms with van der Waals surface area (Å²) in [7, 11) is 0. The minimum Gasteiger partial charge on any atom is -0.488 e. The number of para-hydroxylation sites is 1. The molecule has 1 amide bonds. The summed E-state index contributed by atoms with van der Waals surface area (Å²) in [5.74, 6) is 0.0844. The molecule has 0 N–H and O–H groups in total. The van der Waals surface area contributed by atoms with E-state index in [0.717, 1.165) is 21.2 Å². The van der Waals surface area contributed by atoms with Gasteiger partial charge in [-0.25, -0.2) is 4.39 Å². The van der Waals surface area contributed by atoms with Gasteiger partial charge in [-0.15, -0.1) is 0 Å². The van der Waals surface area contributed by atoms with Crippen LogP contribution in [0.15, 0.2) is 118 Å². The van der Waals surface area contributed by atoms with Crippen LogP contribution in [0.25, 0.3) is 6.08 Å². The molecule has 0 aliphatic carbocycles. The van der Waals surface area contributed by atoms with Gasteiger partial charge in [-0.2, -0.15) is 10.1 Å². The van der Waals surface area contributed by atoms with Crippen LogP contribution in [0.5, 0.6) is 5.75 Å². The van der Waals surface area contributed by atoms with Crippen molar-refractivity contribution in [3.8, 4) is 5.75 Å². The number of hydrogen-bond acceptors (Lipinski definition) is 3. The van der Waals surface area contributed by atoms with Gasteiger partial charge in [0.1, 0.15) is 23.9 Å². The maximum Gasteiger partial charge on any atom is 0.281 e. The molecule has 172 valence electrons. The van der Waals surface area contributed by atoms with Crippen molar-refractivity contribution in [2.45, 2.75) is 6.61 Å². The number of ether oxygens (including phenoxy) is 1. The quantitative estimate of drug-likeness (QED) is 0.254. The van der Waals surface area contributed by atoms with E-state index < -0.39 is 0 Å². The van der Waals surface area contributed by atoms with Gasteiger partial charge in [0.2, 0.25) is 0 Å². The molecule has 0 saturated heterocycles. The second-order valence-corrected chi connectivity index (χ2v) is 8.84. The summed E-state index contributed by atoms with van der Waals surface area (Å²) in [4.78, 5) is 13.6. The smallest absolute Gasteiger partial charge is 0.281 e. The number of amides is 1. The second kappa shape index (κ2) is 10.1. The molecule has 0 atom stereocenters. The van der Waals surface area contributed by atoms with Crippen LogP contribution in [0.1, 0.15) is 16.7 Å². The van der Waals surface area contributed by atoms with Gasteiger partial charge in [-0.1, -0.05) is 76.6 Å². The van der Waals surface area contributed by atoms with Crippen LogP contribution in [-0.4, -0.2) is 11.6 Å². The van der Waals surface area contributed by atoms with Gasteiger partial charge >= 0.3 is 0 Å². The highest BCUT2D eigenvalue weighted by Gasteiger charge is 2.32. The largest absolute Gasteiger partial charge is 0.488 e. The Morgan fingerprint density at radius 2 is 1.57 bits per heavy atom. The Hall–Kier alpha value is -4.03. The third kappa shape index (κ3) is 5.08. The van der Waals surface area contributed by atoms with E-state index in [0.29, 0.717) is 22.7 Å². The first-order valence-corrected chi connectivity index (χ1v) is 11.8. The van der Waals surface area contributed by atoms with E-state index in [2.05, 4.69) is 21.0 Å². The van der Waals surface area contributed by atoms with Crippen molar-refractivity contribution in [1.29, 1.82) is 0 Å². The molecule has 4 aromatic carbocycles. The van der Waals surface area contributed by atoms with Gasteiger partial charge in [0.05, 0.1) is 11.3 Å². The van der Waals surface area contributed by atoms with Crippen molar-refractivity contribution in [2.24, 2.45) is 5.10 Å². The van der Waals surface area contributed by atoms with Crippen molar-refractivity contribution in [1.82, 2.24) is 0 Å². The molecular weight excluding hydrogens is 507 g/mol. The lowest BCUT2D eigenvalue weighted by atomic mass is 10.00. The molecular formula is C29H20BrFN2O2. The summed E-state index contributed by atoms with van der Waals surface area (Å²) >= 11 is 3.52. The molecule has 1 heterocycles. The first-order valence-electron chi connectivity index (χ1n) is 11.0. The van der Waals surface area contributed by atoms with Crippen LogP contribution in [0.4, 0.5) is 10.1 Å². The average molecular weight is 527 g/mol. The van der Waals surface area contributed by atoms with E-state index in [1.807, 2.05) is 84.9 Å². The van der Waals surface area contributed by atoms with Gasteiger partial charge in [-0.3, -0.25) is 4.79 Å². The zero-order valence-electron chi connectivity index (χ0n) is 18.6. The minimum atomic E-state index is -0.293. The highest BCUT2D eigenvalue weighted by atomic mass is 79.9. The molecule has 0 bridgehead atoms. The lowest BCUT2D eigenvalue weighted by Gasteiger charge is -2.12. The van der Waals surface area contributed by atoms with Crippen LogP contribution >= 0.6 is 15.9 Å². The molecule has 5 rings (SSSR count). The van der Waals surface area contributed by atoms with Crippen molar-refractivity contribution in [3.05, 3.63) is 136 Å². The van der Waals surface area contributed by atoms with Crippen molar-refractivity contribution < 1.29 is 13.9 Å². The summed E-state index contributed by atoms with van der Waals surface area (Å²) in [6.45, 7) is 0.266. The van der Waals surface area contributed by atoms with Crippen LogP contribution in [0.3, 0.4) is 0 Å². The van der Waals surface area contributed by atoms with Crippen LogP contribution in [0, 0.1) is 5.82 Å². The van der Waals surface area contributed by atoms with E-state index in [1.165, 1.54) is 17.1 Å². The van der Waals surface area contributed by atoms with Gasteiger partial charge in [-0.05, 0) is 54.1 Å². The van der Waals surface area contributed by atoms with Crippen molar-refractivity contribution in [2.75, 3.05) is 5.01 Å². The Bertz CT molecular complexity index is 1420. The lowest BCUT2D eigenvalue weighted by Crippen LogP contribution is -2.21. The van der Waals surface area contributed by atoms with E-state index in [-0.39, 0.29) is 18.3 Å². The fourth-order valence-corrected chi connectivity index (χ4v) is 4.14. The molecule has 0 saturated carbocycles. The lowest BCUT2D eigenvalue weighted by molar-refractivity contribution is -0.114. The number of carbonyl (C=O) groups is 1. The van der Waals surface area contributed by atoms with Crippen molar-refractivity contribution in [3.63, 3.8) is 0 Å². The summed E-state index contributed by atoms with van der Waals surface area (Å²) in [5.41, 5.74) is 4.15. The average Bonchev–Trinajstić information content (AvgIpc) is 3.21. The van der Waals surface area contributed by atoms with Gasteiger partial charge < -0.3 is 4.74 Å². The van der Waals surface area contributed by atoms with E-state index in [1.54, 1.807) is 12.1 Å². The Labute approximate surface area is 211 Å². The normalized spacial score (nSPS) is 14.3. The fraction of sp³-hybridized carbons (Fsp3) is 0.0345. The third-order valence-corrected chi connectivity index (χ3v) is 6.00. The van der Waals surface area contributed by atoms with E-state index in [4.69, 9.17) is 4.74 Å². The molecule has 0 spiro atoms. The van der Waals surface area contributed by atoms with Gasteiger partial charge in [0.25, 0.3) is 5.91 Å². The number of carbonyl (C=O) groups excluding carboxylic acids is 1. The second-order valence-electron chi connectivity index (χ2n) is 7.92. The highest BCUT2D eigenvalue weighted by molar-refractivity contribution is 9.10. The number of benzene rings is 4. The Morgan fingerprint density at radius 3 is 2.29 bits per heavy atom.